The van der Waals surface area contributed by atoms with Gasteiger partial charge in [-0.25, -0.2) is 0 Å². The van der Waals surface area contributed by atoms with Crippen LogP contribution in [0.5, 0.6) is 0 Å². The van der Waals surface area contributed by atoms with Crippen molar-refractivity contribution in [3.05, 3.63) is 30.1 Å². The molecule has 1 saturated heterocycles. The predicted octanol–water partition coefficient (Wildman–Crippen LogP) is 1.68. The number of nitrogens with zero attached hydrogens (tertiary/aromatic N) is 2. The minimum absolute atomic E-state index is 0.0459. The maximum absolute atomic E-state index is 12.7. The topological polar surface area (TPSA) is 70.5 Å². The van der Waals surface area contributed by atoms with Crippen molar-refractivity contribution in [2.75, 3.05) is 13.1 Å². The highest BCUT2D eigenvalue weighted by atomic mass is 16.4. The van der Waals surface area contributed by atoms with E-state index < -0.39 is 16.8 Å². The Balaban J connectivity index is 2.19. The number of carbonyl (C=O) groups is 2. The quantitative estimate of drug-likeness (QED) is 0.912. The number of likely N-dealkylation sites (tertiary alicyclic amines) is 1. The fourth-order valence-corrected chi connectivity index (χ4v) is 2.56. The van der Waals surface area contributed by atoms with Gasteiger partial charge in [-0.2, -0.15) is 0 Å². The minimum atomic E-state index is -0.841. The molecule has 1 aromatic heterocycles. The summed E-state index contributed by atoms with van der Waals surface area (Å²) in [5, 5.41) is 9.24. The fraction of sp³-hybridized carbons (Fsp3) is 0.533. The predicted molar refractivity (Wildman–Crippen MR) is 74.2 cm³/mol. The molecule has 0 bridgehead atoms. The molecule has 0 radical (unpaired) electrons. The lowest BCUT2D eigenvalue weighted by Gasteiger charge is -2.30. The molecule has 1 aliphatic rings. The molecule has 20 heavy (non-hydrogen) atoms. The number of aliphatic carboxylic acids is 1. The van der Waals surface area contributed by atoms with Gasteiger partial charge in [-0.15, -0.1) is 0 Å². The Hall–Kier alpha value is -1.91. The van der Waals surface area contributed by atoms with Crippen LogP contribution in [0.3, 0.4) is 0 Å². The van der Waals surface area contributed by atoms with E-state index >= 15 is 0 Å². The van der Waals surface area contributed by atoms with Crippen LogP contribution in [0.25, 0.3) is 0 Å². The Bertz CT molecular complexity index is 527. The first kappa shape index (κ1) is 14.5. The molecule has 5 nitrogen and oxygen atoms in total. The van der Waals surface area contributed by atoms with Crippen LogP contribution in [0.2, 0.25) is 0 Å². The summed E-state index contributed by atoms with van der Waals surface area (Å²) in [6.07, 6.45) is 3.85. The largest absolute Gasteiger partial charge is 0.481 e. The summed E-state index contributed by atoms with van der Waals surface area (Å²) in [7, 11) is 0. The highest BCUT2D eigenvalue weighted by Gasteiger charge is 2.45. The van der Waals surface area contributed by atoms with Crippen LogP contribution in [0.4, 0.5) is 0 Å². The molecule has 0 aliphatic carbocycles. The molecule has 1 atom stereocenters. The number of pyridine rings is 1. The lowest BCUT2D eigenvalue weighted by Crippen LogP contribution is -2.44. The first-order valence-electron chi connectivity index (χ1n) is 6.71. The van der Waals surface area contributed by atoms with Crippen molar-refractivity contribution in [1.29, 1.82) is 0 Å². The average Bonchev–Trinajstić information content (AvgIpc) is 2.83. The van der Waals surface area contributed by atoms with Gasteiger partial charge in [-0.3, -0.25) is 14.6 Å². The third kappa shape index (κ3) is 2.40. The van der Waals surface area contributed by atoms with Crippen LogP contribution in [-0.4, -0.2) is 40.0 Å². The average molecular weight is 276 g/mol. The summed E-state index contributed by atoms with van der Waals surface area (Å²) >= 11 is 0. The van der Waals surface area contributed by atoms with E-state index in [1.165, 1.54) is 0 Å². The lowest BCUT2D eigenvalue weighted by molar-refractivity contribution is -0.147. The zero-order valence-corrected chi connectivity index (χ0v) is 12.1. The van der Waals surface area contributed by atoms with Crippen molar-refractivity contribution < 1.29 is 14.7 Å². The fourth-order valence-electron chi connectivity index (χ4n) is 2.56. The van der Waals surface area contributed by atoms with E-state index in [1.807, 2.05) is 19.9 Å². The van der Waals surface area contributed by atoms with Gasteiger partial charge in [-0.05, 0) is 38.8 Å². The maximum atomic E-state index is 12.7. The van der Waals surface area contributed by atoms with Crippen LogP contribution in [-0.2, 0) is 15.0 Å². The number of carbonyl (C=O) groups excluding carboxylic acids is 1. The van der Waals surface area contributed by atoms with E-state index in [9.17, 15) is 14.7 Å². The van der Waals surface area contributed by atoms with Crippen LogP contribution in [0, 0.1) is 5.41 Å². The zero-order valence-electron chi connectivity index (χ0n) is 12.1. The number of hydrogen-bond donors (Lipinski definition) is 1. The Kier molecular flexibility index (Phi) is 3.54. The normalized spacial score (nSPS) is 22.9. The number of rotatable bonds is 3. The third-order valence-electron chi connectivity index (χ3n) is 4.19. The number of amides is 1. The van der Waals surface area contributed by atoms with Crippen molar-refractivity contribution in [2.24, 2.45) is 5.41 Å². The van der Waals surface area contributed by atoms with Gasteiger partial charge in [0.25, 0.3) is 0 Å². The summed E-state index contributed by atoms with van der Waals surface area (Å²) in [5.41, 5.74) is -0.687. The molecule has 2 rings (SSSR count). The molecular weight excluding hydrogens is 256 g/mol. The number of carboxylic acids is 1. The number of aromatic nitrogens is 1. The molecule has 0 saturated carbocycles. The summed E-state index contributed by atoms with van der Waals surface area (Å²) in [5.74, 6) is -0.887. The van der Waals surface area contributed by atoms with E-state index in [-0.39, 0.29) is 12.5 Å². The summed E-state index contributed by atoms with van der Waals surface area (Å²) in [4.78, 5) is 29.7. The molecular formula is C15H20N2O3. The van der Waals surface area contributed by atoms with Gasteiger partial charge < -0.3 is 10.0 Å². The summed E-state index contributed by atoms with van der Waals surface area (Å²) in [6, 6.07) is 3.67. The van der Waals surface area contributed by atoms with Gasteiger partial charge in [0.05, 0.1) is 10.8 Å². The Morgan fingerprint density at radius 1 is 1.45 bits per heavy atom. The second-order valence-corrected chi connectivity index (χ2v) is 6.21. The standard InChI is InChI=1S/C15H20N2O3/c1-14(2,11-5-4-7-16-9-11)12(18)17-8-6-15(3,10-17)13(19)20/h4-5,7,9H,6,8,10H2,1-3H3,(H,19,20). The van der Waals surface area contributed by atoms with E-state index in [4.69, 9.17) is 0 Å². The van der Waals surface area contributed by atoms with Crippen molar-refractivity contribution in [2.45, 2.75) is 32.6 Å². The molecule has 2 heterocycles. The number of carboxylic acid groups (broad SMARTS) is 1. The molecule has 1 amide bonds. The molecule has 5 heteroatoms. The minimum Gasteiger partial charge on any atom is -0.481 e. The van der Waals surface area contributed by atoms with Crippen molar-refractivity contribution >= 4 is 11.9 Å². The van der Waals surface area contributed by atoms with E-state index in [1.54, 1.807) is 30.3 Å². The second kappa shape index (κ2) is 4.89. The molecule has 1 fully saturated rings. The van der Waals surface area contributed by atoms with E-state index in [0.717, 1.165) is 5.56 Å². The summed E-state index contributed by atoms with van der Waals surface area (Å²) < 4.78 is 0. The van der Waals surface area contributed by atoms with Crippen molar-refractivity contribution in [3.8, 4) is 0 Å². The zero-order chi connectivity index (χ0) is 15.0. The second-order valence-electron chi connectivity index (χ2n) is 6.21. The van der Waals surface area contributed by atoms with Gasteiger partial charge >= 0.3 is 5.97 Å². The van der Waals surface area contributed by atoms with Crippen LogP contribution < -0.4 is 0 Å². The lowest BCUT2D eigenvalue weighted by atomic mass is 9.84. The Morgan fingerprint density at radius 3 is 2.65 bits per heavy atom. The molecule has 0 aromatic carbocycles. The molecule has 0 spiro atoms. The van der Waals surface area contributed by atoms with Gasteiger partial charge in [-0.1, -0.05) is 6.07 Å². The van der Waals surface area contributed by atoms with Gasteiger partial charge in [0.1, 0.15) is 0 Å². The van der Waals surface area contributed by atoms with Crippen molar-refractivity contribution in [1.82, 2.24) is 9.88 Å². The van der Waals surface area contributed by atoms with Crippen LogP contribution >= 0.6 is 0 Å². The Labute approximate surface area is 118 Å². The monoisotopic (exact) mass is 276 g/mol. The van der Waals surface area contributed by atoms with Crippen LogP contribution in [0.15, 0.2) is 24.5 Å². The SMILES string of the molecule is CC1(C(=O)O)CCN(C(=O)C(C)(C)c2cccnc2)C1. The van der Waals surface area contributed by atoms with E-state index in [0.29, 0.717) is 13.0 Å². The molecule has 108 valence electrons. The van der Waals surface area contributed by atoms with Crippen molar-refractivity contribution in [3.63, 3.8) is 0 Å². The molecule has 1 N–H and O–H groups in total. The van der Waals surface area contributed by atoms with Gasteiger partial charge in [0.15, 0.2) is 0 Å². The summed E-state index contributed by atoms with van der Waals surface area (Å²) in [6.45, 7) is 6.15. The molecule has 1 aliphatic heterocycles. The highest BCUT2D eigenvalue weighted by molar-refractivity contribution is 5.88. The van der Waals surface area contributed by atoms with Crippen LogP contribution in [0.1, 0.15) is 32.8 Å². The van der Waals surface area contributed by atoms with Gasteiger partial charge in [0, 0.05) is 25.5 Å². The number of hydrogen-bond acceptors (Lipinski definition) is 3. The molecule has 1 aromatic rings. The smallest absolute Gasteiger partial charge is 0.311 e. The van der Waals surface area contributed by atoms with Gasteiger partial charge in [0.2, 0.25) is 5.91 Å². The maximum Gasteiger partial charge on any atom is 0.311 e. The highest BCUT2D eigenvalue weighted by Crippen LogP contribution is 2.34. The molecule has 1 unspecified atom stereocenters. The third-order valence-corrected chi connectivity index (χ3v) is 4.19. The van der Waals surface area contributed by atoms with E-state index in [2.05, 4.69) is 4.98 Å². The first-order chi connectivity index (χ1) is 9.27. The Morgan fingerprint density at radius 2 is 2.15 bits per heavy atom. The first-order valence-corrected chi connectivity index (χ1v) is 6.71.